The molecule has 3 aromatic rings. The molecule has 0 radical (unpaired) electrons. The number of aliphatic hydroxyl groups excluding tert-OH is 1. The number of nitrogens with one attached hydrogen (secondary N) is 1. The number of imidazole rings is 1. The summed E-state index contributed by atoms with van der Waals surface area (Å²) in [6.07, 6.45) is -1.75. The standard InChI is InChI=1S/C23H34N9O9P/c1-6-8-27-42(35,37-9-13-16(12(3)4)41-22(34)40-13)38-10-14-17(33)23(5,30-31-25)20(39-14)32-11-26-15-18(32)28-21(24)29-19(15)36-7-2/h11-12,14,17,20,33H,6-10H2,1-5H3,(H,27,35)(H2,24,28,29)/t14-,17-,20-,23-,42?/m1/s1. The molecule has 0 amide bonds. The number of anilines is 1. The number of rotatable bonds is 14. The van der Waals surface area contributed by atoms with Crippen molar-refractivity contribution < 1.29 is 37.0 Å². The molecule has 18 nitrogen and oxygen atoms in total. The van der Waals surface area contributed by atoms with Gasteiger partial charge in [0.2, 0.25) is 11.8 Å². The third-order valence-corrected chi connectivity index (χ3v) is 8.05. The van der Waals surface area contributed by atoms with Crippen molar-refractivity contribution in [3.05, 3.63) is 38.9 Å². The lowest BCUT2D eigenvalue weighted by atomic mass is 9.93. The average Bonchev–Trinajstić information content (AvgIpc) is 3.60. The molecule has 3 aromatic heterocycles. The third-order valence-electron chi connectivity index (χ3n) is 6.48. The number of fused-ring (bicyclic) bond motifs is 1. The number of aliphatic hydroxyl groups is 1. The van der Waals surface area contributed by atoms with Gasteiger partial charge in [-0.2, -0.15) is 9.97 Å². The predicted molar refractivity (Wildman–Crippen MR) is 146 cm³/mol. The van der Waals surface area contributed by atoms with Crippen molar-refractivity contribution in [1.29, 1.82) is 0 Å². The van der Waals surface area contributed by atoms with Crippen molar-refractivity contribution in [1.82, 2.24) is 24.6 Å². The van der Waals surface area contributed by atoms with Gasteiger partial charge in [0.15, 0.2) is 28.9 Å². The second kappa shape index (κ2) is 12.8. The van der Waals surface area contributed by atoms with Gasteiger partial charge in [-0.05, 0) is 25.8 Å². The molecular weight excluding hydrogens is 577 g/mol. The fourth-order valence-electron chi connectivity index (χ4n) is 4.45. The van der Waals surface area contributed by atoms with Gasteiger partial charge in [-0.1, -0.05) is 25.9 Å². The summed E-state index contributed by atoms with van der Waals surface area (Å²) in [5, 5.41) is 17.8. The second-order valence-corrected chi connectivity index (χ2v) is 11.7. The van der Waals surface area contributed by atoms with Gasteiger partial charge in [-0.3, -0.25) is 13.6 Å². The Bertz CT molecular complexity index is 1550. The Morgan fingerprint density at radius 3 is 2.76 bits per heavy atom. The minimum Gasteiger partial charge on any atom is -0.476 e. The number of ether oxygens (including phenoxy) is 2. The number of azide groups is 1. The summed E-state index contributed by atoms with van der Waals surface area (Å²) in [6, 6.07) is 0. The van der Waals surface area contributed by atoms with Crippen LogP contribution in [0.3, 0.4) is 0 Å². The van der Waals surface area contributed by atoms with E-state index in [1.54, 1.807) is 20.8 Å². The number of hydrogen-bond acceptors (Lipinski definition) is 14. The lowest BCUT2D eigenvalue weighted by Crippen LogP contribution is -2.42. The van der Waals surface area contributed by atoms with E-state index in [1.807, 2.05) is 6.92 Å². The number of nitrogens with two attached hydrogens (primary N) is 1. The van der Waals surface area contributed by atoms with Crippen LogP contribution in [-0.2, 0) is 25.0 Å². The van der Waals surface area contributed by atoms with Crippen LogP contribution in [0.1, 0.15) is 64.7 Å². The van der Waals surface area contributed by atoms with Crippen LogP contribution in [0.5, 0.6) is 5.88 Å². The third kappa shape index (κ3) is 6.29. The first-order valence-electron chi connectivity index (χ1n) is 13.3. The Balaban J connectivity index is 1.59. The zero-order valence-corrected chi connectivity index (χ0v) is 24.7. The molecule has 0 spiro atoms. The summed E-state index contributed by atoms with van der Waals surface area (Å²) in [4.78, 5) is 27.1. The minimum atomic E-state index is -4.04. The highest BCUT2D eigenvalue weighted by Crippen LogP contribution is 2.48. The Morgan fingerprint density at radius 1 is 1.33 bits per heavy atom. The van der Waals surface area contributed by atoms with Gasteiger partial charge < -0.3 is 29.1 Å². The van der Waals surface area contributed by atoms with Crippen LogP contribution in [0.2, 0.25) is 0 Å². The largest absolute Gasteiger partial charge is 0.519 e. The molecule has 5 atom stereocenters. The molecule has 0 aromatic carbocycles. The molecule has 1 fully saturated rings. The molecule has 0 aliphatic carbocycles. The van der Waals surface area contributed by atoms with Crippen LogP contribution in [0.15, 0.2) is 25.1 Å². The number of hydrogen-bond donors (Lipinski definition) is 3. The van der Waals surface area contributed by atoms with Crippen LogP contribution in [-0.4, -0.2) is 62.1 Å². The highest BCUT2D eigenvalue weighted by atomic mass is 31.2. The molecule has 4 rings (SSSR count). The molecule has 1 saturated heterocycles. The summed E-state index contributed by atoms with van der Waals surface area (Å²) >= 11 is 0. The first kappa shape index (κ1) is 31.4. The van der Waals surface area contributed by atoms with Gasteiger partial charge in [0.25, 0.3) is 0 Å². The highest BCUT2D eigenvalue weighted by molar-refractivity contribution is 7.51. The second-order valence-electron chi connectivity index (χ2n) is 9.90. The normalized spacial score (nSPS) is 23.7. The van der Waals surface area contributed by atoms with E-state index < -0.39 is 44.2 Å². The van der Waals surface area contributed by atoms with Crippen molar-refractivity contribution in [3.8, 4) is 5.88 Å². The first-order valence-corrected chi connectivity index (χ1v) is 14.8. The van der Waals surface area contributed by atoms with Gasteiger partial charge >= 0.3 is 13.6 Å². The molecule has 0 bridgehead atoms. The first-order chi connectivity index (χ1) is 20.0. The number of aromatic nitrogens is 4. The highest BCUT2D eigenvalue weighted by Gasteiger charge is 2.55. The number of nitrogen functional groups attached to an aromatic ring is 1. The van der Waals surface area contributed by atoms with Gasteiger partial charge in [0.05, 0.1) is 25.6 Å². The molecule has 1 aliphatic rings. The van der Waals surface area contributed by atoms with Gasteiger partial charge in [0.1, 0.15) is 18.2 Å². The molecular formula is C23H34N9O9P. The van der Waals surface area contributed by atoms with E-state index in [2.05, 4.69) is 30.1 Å². The van der Waals surface area contributed by atoms with Gasteiger partial charge in [-0.15, -0.1) is 0 Å². The number of nitrogens with zero attached hydrogens (tertiary/aromatic N) is 7. The van der Waals surface area contributed by atoms with Crippen molar-refractivity contribution in [2.24, 2.45) is 5.11 Å². The fraction of sp³-hybridized carbons (Fsp3) is 0.652. The van der Waals surface area contributed by atoms with Crippen molar-refractivity contribution in [3.63, 3.8) is 0 Å². The maximum Gasteiger partial charge on any atom is 0.519 e. The topological polar surface area (TPSA) is 248 Å². The smallest absolute Gasteiger partial charge is 0.476 e. The summed E-state index contributed by atoms with van der Waals surface area (Å²) in [7, 11) is -4.04. The fourth-order valence-corrected chi connectivity index (χ4v) is 5.83. The van der Waals surface area contributed by atoms with E-state index in [0.717, 1.165) is 0 Å². The summed E-state index contributed by atoms with van der Waals surface area (Å²) < 4.78 is 48.0. The SMILES string of the molecule is CCCNP(=O)(OCc1oc(=O)oc1C(C)C)OC[C@H]1O[C@@H](n2cnc3c(OCC)nc(N)nc32)[C@](C)(N=[N+]=[N-])[C@@H]1O. The Morgan fingerprint density at radius 2 is 2.10 bits per heavy atom. The van der Waals surface area contributed by atoms with E-state index in [9.17, 15) is 20.0 Å². The Kier molecular flexibility index (Phi) is 9.57. The summed E-state index contributed by atoms with van der Waals surface area (Å²) in [5.41, 5.74) is 14.1. The lowest BCUT2D eigenvalue weighted by Gasteiger charge is -2.28. The molecule has 0 saturated carbocycles. The predicted octanol–water partition coefficient (Wildman–Crippen LogP) is 3.15. The van der Waals surface area contributed by atoms with Crippen LogP contribution in [0.4, 0.5) is 5.95 Å². The maximum absolute atomic E-state index is 13.6. The maximum atomic E-state index is 13.6. The van der Waals surface area contributed by atoms with E-state index in [4.69, 9.17) is 33.1 Å². The molecule has 1 aliphatic heterocycles. The molecule has 230 valence electrons. The Labute approximate surface area is 239 Å². The molecule has 19 heteroatoms. The van der Waals surface area contributed by atoms with Gasteiger partial charge in [0, 0.05) is 17.4 Å². The summed E-state index contributed by atoms with van der Waals surface area (Å²) in [5.74, 6) is -0.713. The van der Waals surface area contributed by atoms with E-state index in [-0.39, 0.29) is 53.6 Å². The van der Waals surface area contributed by atoms with E-state index in [1.165, 1.54) is 17.8 Å². The van der Waals surface area contributed by atoms with Crippen LogP contribution < -0.4 is 21.4 Å². The van der Waals surface area contributed by atoms with Crippen molar-refractivity contribution in [2.75, 3.05) is 25.5 Å². The minimum absolute atomic E-state index is 0.0740. The van der Waals surface area contributed by atoms with Crippen molar-refractivity contribution in [2.45, 2.75) is 77.5 Å². The molecule has 42 heavy (non-hydrogen) atoms. The van der Waals surface area contributed by atoms with Crippen LogP contribution in [0.25, 0.3) is 21.6 Å². The summed E-state index contributed by atoms with van der Waals surface area (Å²) in [6.45, 7) is 8.43. The Hall–Kier alpha value is -3.50. The van der Waals surface area contributed by atoms with E-state index >= 15 is 0 Å². The zero-order chi connectivity index (χ0) is 30.7. The monoisotopic (exact) mass is 611 g/mol. The van der Waals surface area contributed by atoms with Crippen molar-refractivity contribution >= 4 is 24.9 Å². The molecule has 4 N–H and O–H groups in total. The molecule has 4 heterocycles. The average molecular weight is 612 g/mol. The quantitative estimate of drug-likeness (QED) is 0.103. The van der Waals surface area contributed by atoms with Crippen LogP contribution >= 0.6 is 7.75 Å². The van der Waals surface area contributed by atoms with Gasteiger partial charge in [-0.25, -0.2) is 19.4 Å². The zero-order valence-electron chi connectivity index (χ0n) is 23.8. The lowest BCUT2D eigenvalue weighted by molar-refractivity contribution is -0.0438. The van der Waals surface area contributed by atoms with Crippen LogP contribution in [0, 0.1) is 0 Å². The van der Waals surface area contributed by atoms with E-state index in [0.29, 0.717) is 13.0 Å². The molecule has 1 unspecified atom stereocenters.